The zero-order valence-corrected chi connectivity index (χ0v) is 11.6. The van der Waals surface area contributed by atoms with Crippen molar-refractivity contribution in [2.45, 2.75) is 20.0 Å². The minimum atomic E-state index is -0.492. The lowest BCUT2D eigenvalue weighted by molar-refractivity contribution is -0.140. The molecule has 0 saturated carbocycles. The summed E-state index contributed by atoms with van der Waals surface area (Å²) < 4.78 is 10.3. The minimum absolute atomic E-state index is 0.133. The van der Waals surface area contributed by atoms with Crippen LogP contribution in [0, 0.1) is 0 Å². The molecule has 6 heteroatoms. The number of carbonyl (C=O) groups excluding carboxylic acids is 2. The molecule has 0 aliphatic rings. The maximum absolute atomic E-state index is 11.3. The van der Waals surface area contributed by atoms with Crippen LogP contribution in [0.25, 0.3) is 0 Å². The van der Waals surface area contributed by atoms with Gasteiger partial charge in [-0.05, 0) is 13.8 Å². The zero-order chi connectivity index (χ0) is 12.6. The van der Waals surface area contributed by atoms with Gasteiger partial charge in [-0.25, -0.2) is 4.79 Å². The molecule has 0 bridgehead atoms. The Hall–Kier alpha value is -0.630. The first-order valence-corrected chi connectivity index (χ1v) is 6.29. The van der Waals surface area contributed by atoms with Gasteiger partial charge in [0.1, 0.15) is 12.7 Å². The molecular formula is C10H16INO4. The highest BCUT2D eigenvalue weighted by molar-refractivity contribution is 14.1. The summed E-state index contributed by atoms with van der Waals surface area (Å²) in [7, 11) is 0. The highest BCUT2D eigenvalue weighted by atomic mass is 127. The number of esters is 1. The van der Waals surface area contributed by atoms with Crippen LogP contribution < -0.4 is 5.32 Å². The van der Waals surface area contributed by atoms with E-state index in [1.54, 1.807) is 13.8 Å². The zero-order valence-electron chi connectivity index (χ0n) is 9.42. The van der Waals surface area contributed by atoms with Crippen molar-refractivity contribution in [3.63, 3.8) is 0 Å². The fourth-order valence-electron chi connectivity index (χ4n) is 0.755. The molecule has 0 spiro atoms. The Bertz CT molecular complexity index is 268. The Balaban J connectivity index is 3.63. The van der Waals surface area contributed by atoms with Gasteiger partial charge in [-0.15, -0.1) is 0 Å². The molecule has 1 unspecified atom stereocenters. The Labute approximate surface area is 109 Å². The third kappa shape index (κ3) is 6.78. The SMILES string of the molecule is C=C(C)C(=O)OCCNC(=O)C(C)OCI. The van der Waals surface area contributed by atoms with Crippen LogP contribution in [0.3, 0.4) is 0 Å². The number of rotatable bonds is 7. The highest BCUT2D eigenvalue weighted by Gasteiger charge is 2.11. The van der Waals surface area contributed by atoms with Crippen LogP contribution in [0.15, 0.2) is 12.2 Å². The molecule has 0 aliphatic heterocycles. The van der Waals surface area contributed by atoms with Crippen molar-refractivity contribution < 1.29 is 19.1 Å². The van der Waals surface area contributed by atoms with E-state index in [-0.39, 0.29) is 19.1 Å². The molecule has 0 heterocycles. The minimum Gasteiger partial charge on any atom is -0.460 e. The van der Waals surface area contributed by atoms with Crippen molar-refractivity contribution in [1.29, 1.82) is 0 Å². The van der Waals surface area contributed by atoms with Crippen molar-refractivity contribution in [2.24, 2.45) is 0 Å². The average molecular weight is 341 g/mol. The monoisotopic (exact) mass is 341 g/mol. The number of halogens is 1. The van der Waals surface area contributed by atoms with Crippen molar-refractivity contribution >= 4 is 34.5 Å². The van der Waals surface area contributed by atoms with Crippen molar-refractivity contribution in [1.82, 2.24) is 5.32 Å². The van der Waals surface area contributed by atoms with Crippen molar-refractivity contribution in [2.75, 3.05) is 17.8 Å². The third-order valence-corrected chi connectivity index (χ3v) is 2.02. The van der Waals surface area contributed by atoms with E-state index in [1.165, 1.54) is 0 Å². The molecule has 0 radical (unpaired) electrons. The van der Waals surface area contributed by atoms with E-state index >= 15 is 0 Å². The van der Waals surface area contributed by atoms with Gasteiger partial charge in [0.25, 0.3) is 0 Å². The Kier molecular flexibility index (Phi) is 8.18. The van der Waals surface area contributed by atoms with Gasteiger partial charge in [-0.3, -0.25) is 4.79 Å². The molecule has 1 atom stereocenters. The summed E-state index contributed by atoms with van der Waals surface area (Å²) in [6, 6.07) is 0. The number of ether oxygens (including phenoxy) is 2. The summed E-state index contributed by atoms with van der Waals surface area (Å²) in [6.45, 7) is 7.07. The summed E-state index contributed by atoms with van der Waals surface area (Å²) in [5, 5.41) is 2.59. The van der Waals surface area contributed by atoms with E-state index in [4.69, 9.17) is 9.47 Å². The molecule has 0 aromatic rings. The van der Waals surface area contributed by atoms with Gasteiger partial charge in [-0.2, -0.15) is 0 Å². The van der Waals surface area contributed by atoms with Crippen LogP contribution in [0.4, 0.5) is 0 Å². The van der Waals surface area contributed by atoms with Gasteiger partial charge in [0.2, 0.25) is 5.91 Å². The summed E-state index contributed by atoms with van der Waals surface area (Å²) in [6.07, 6.45) is -0.492. The van der Waals surface area contributed by atoms with Crippen LogP contribution in [0.1, 0.15) is 13.8 Å². The molecule has 0 aliphatic carbocycles. The molecule has 0 fully saturated rings. The van der Waals surface area contributed by atoms with Crippen LogP contribution >= 0.6 is 22.6 Å². The number of hydrogen-bond acceptors (Lipinski definition) is 4. The van der Waals surface area contributed by atoms with Gasteiger partial charge in [0, 0.05) is 5.57 Å². The molecule has 0 saturated heterocycles. The first-order chi connectivity index (χ1) is 7.49. The van der Waals surface area contributed by atoms with Crippen LogP contribution in [0.5, 0.6) is 0 Å². The van der Waals surface area contributed by atoms with Crippen molar-refractivity contribution in [3.8, 4) is 0 Å². The normalized spacial score (nSPS) is 11.7. The Morgan fingerprint density at radius 1 is 1.50 bits per heavy atom. The van der Waals surface area contributed by atoms with E-state index in [0.29, 0.717) is 10.2 Å². The third-order valence-electron chi connectivity index (χ3n) is 1.67. The molecule has 16 heavy (non-hydrogen) atoms. The van der Waals surface area contributed by atoms with E-state index in [2.05, 4.69) is 11.9 Å². The topological polar surface area (TPSA) is 64.6 Å². The molecular weight excluding hydrogens is 325 g/mol. The maximum Gasteiger partial charge on any atom is 0.333 e. The lowest BCUT2D eigenvalue weighted by Gasteiger charge is -2.11. The standard InChI is InChI=1S/C10H16INO4/c1-7(2)10(14)15-5-4-12-9(13)8(3)16-6-11/h8H,1,4-6H2,2-3H3,(H,12,13). The van der Waals surface area contributed by atoms with E-state index < -0.39 is 12.1 Å². The smallest absolute Gasteiger partial charge is 0.333 e. The summed E-state index contributed by atoms with van der Waals surface area (Å²) in [4.78, 5) is 22.3. The summed E-state index contributed by atoms with van der Waals surface area (Å²) in [5.41, 5.74) is 0.341. The van der Waals surface area contributed by atoms with Crippen LogP contribution in [-0.4, -0.2) is 35.7 Å². The van der Waals surface area contributed by atoms with Gasteiger partial charge >= 0.3 is 5.97 Å². The Morgan fingerprint density at radius 2 is 2.12 bits per heavy atom. The van der Waals surface area contributed by atoms with Gasteiger partial charge in [0.05, 0.1) is 11.2 Å². The lowest BCUT2D eigenvalue weighted by Crippen LogP contribution is -2.36. The van der Waals surface area contributed by atoms with Gasteiger partial charge in [0.15, 0.2) is 0 Å². The summed E-state index contributed by atoms with van der Waals surface area (Å²) in [5.74, 6) is -0.672. The van der Waals surface area contributed by atoms with Crippen molar-refractivity contribution in [3.05, 3.63) is 12.2 Å². The average Bonchev–Trinajstić information content (AvgIpc) is 2.23. The van der Waals surface area contributed by atoms with E-state index in [0.717, 1.165) is 0 Å². The fraction of sp³-hybridized carbons (Fsp3) is 0.600. The van der Waals surface area contributed by atoms with Crippen LogP contribution in [0.2, 0.25) is 0 Å². The second kappa shape index (κ2) is 8.51. The number of nitrogens with one attached hydrogen (secondary N) is 1. The molecule has 5 nitrogen and oxygen atoms in total. The molecule has 0 aromatic carbocycles. The number of amides is 1. The molecule has 1 amide bonds. The van der Waals surface area contributed by atoms with Crippen LogP contribution in [-0.2, 0) is 19.1 Å². The second-order valence-corrected chi connectivity index (χ2v) is 3.75. The number of hydrogen-bond donors (Lipinski definition) is 1. The largest absolute Gasteiger partial charge is 0.460 e. The predicted octanol–water partition coefficient (Wildman–Crippen LogP) is 1.02. The quantitative estimate of drug-likeness (QED) is 0.247. The fourth-order valence-corrected chi connectivity index (χ4v) is 1.29. The number of carbonyl (C=O) groups is 2. The first-order valence-electron chi connectivity index (χ1n) is 4.77. The predicted molar refractivity (Wildman–Crippen MR) is 68.2 cm³/mol. The van der Waals surface area contributed by atoms with Gasteiger partial charge in [-0.1, -0.05) is 29.2 Å². The summed E-state index contributed by atoms with van der Waals surface area (Å²) >= 11 is 2.02. The molecule has 0 aromatic heterocycles. The first kappa shape index (κ1) is 15.4. The van der Waals surface area contributed by atoms with E-state index in [1.807, 2.05) is 22.6 Å². The highest BCUT2D eigenvalue weighted by Crippen LogP contribution is 1.94. The molecule has 1 N–H and O–H groups in total. The molecule has 0 rings (SSSR count). The second-order valence-electron chi connectivity index (χ2n) is 3.13. The lowest BCUT2D eigenvalue weighted by atomic mass is 10.3. The Morgan fingerprint density at radius 3 is 2.62 bits per heavy atom. The maximum atomic E-state index is 11.3. The number of alkyl halides is 1. The molecule has 92 valence electrons. The van der Waals surface area contributed by atoms with E-state index in [9.17, 15) is 9.59 Å². The van der Waals surface area contributed by atoms with Gasteiger partial charge < -0.3 is 14.8 Å².